The summed E-state index contributed by atoms with van der Waals surface area (Å²) >= 11 is 0. The number of nitrogens with one attached hydrogen (secondary N) is 1. The van der Waals surface area contributed by atoms with Crippen molar-refractivity contribution in [2.45, 2.75) is 6.42 Å². The van der Waals surface area contributed by atoms with E-state index < -0.39 is 11.4 Å². The summed E-state index contributed by atoms with van der Waals surface area (Å²) in [6.45, 7) is 2.16. The highest BCUT2D eigenvalue weighted by Crippen LogP contribution is 2.42. The predicted molar refractivity (Wildman–Crippen MR) is 80.5 cm³/mol. The first kappa shape index (κ1) is 15.0. The zero-order valence-electron chi connectivity index (χ0n) is 12.3. The lowest BCUT2D eigenvalue weighted by Crippen LogP contribution is -2.45. The zero-order valence-corrected chi connectivity index (χ0v) is 12.3. The Balaban J connectivity index is 1.62. The number of benzene rings is 1. The number of rotatable bonds is 4. The van der Waals surface area contributed by atoms with Gasteiger partial charge in [-0.3, -0.25) is 14.5 Å². The first-order valence-corrected chi connectivity index (χ1v) is 7.48. The van der Waals surface area contributed by atoms with E-state index >= 15 is 0 Å². The average Bonchev–Trinajstić information content (AvgIpc) is 2.87. The summed E-state index contributed by atoms with van der Waals surface area (Å²) in [6, 6.07) is 9.26. The molecule has 0 aromatic heterocycles. The minimum absolute atomic E-state index is 0.0386. The molecule has 1 aromatic rings. The fourth-order valence-electron chi connectivity index (χ4n) is 3.45. The molecule has 0 unspecified atom stereocenters. The maximum Gasteiger partial charge on any atom is 0.311 e. The Bertz CT molecular complexity index is 563. The molecule has 2 saturated heterocycles. The number of hydrogen-bond acceptors (Lipinski definition) is 4. The van der Waals surface area contributed by atoms with Gasteiger partial charge in [0.2, 0.25) is 5.91 Å². The average molecular weight is 304 g/mol. The molecule has 0 saturated carbocycles. The van der Waals surface area contributed by atoms with Crippen molar-refractivity contribution in [1.29, 1.82) is 0 Å². The quantitative estimate of drug-likeness (QED) is 0.869. The van der Waals surface area contributed by atoms with Crippen molar-refractivity contribution in [2.24, 2.45) is 11.3 Å². The molecule has 6 nitrogen and oxygen atoms in total. The van der Waals surface area contributed by atoms with Gasteiger partial charge in [0, 0.05) is 31.3 Å². The number of nitrogens with zero attached hydrogens (tertiary/aromatic N) is 1. The van der Waals surface area contributed by atoms with Crippen molar-refractivity contribution in [2.75, 3.05) is 38.2 Å². The van der Waals surface area contributed by atoms with Gasteiger partial charge in [-0.2, -0.15) is 0 Å². The maximum atomic E-state index is 12.1. The van der Waals surface area contributed by atoms with Gasteiger partial charge < -0.3 is 15.2 Å². The van der Waals surface area contributed by atoms with Crippen molar-refractivity contribution < 1.29 is 19.4 Å². The number of carbonyl (C=O) groups excluding carboxylic acids is 1. The Labute approximate surface area is 129 Å². The van der Waals surface area contributed by atoms with E-state index in [1.54, 1.807) is 0 Å². The number of aliphatic carboxylic acids is 1. The molecule has 1 aromatic carbocycles. The smallest absolute Gasteiger partial charge is 0.311 e. The standard InChI is InChI=1S/C16H20N2O4/c19-14(17-13-4-2-1-3-5-13)9-18-8-12-10-22-7-6-16(12,11-18)15(20)21/h1-5,12H,6-11H2,(H,17,19)(H,20,21)/t12-,16+/m1/s1. The molecule has 1 amide bonds. The highest BCUT2D eigenvalue weighted by atomic mass is 16.5. The van der Waals surface area contributed by atoms with Crippen LogP contribution in [0.1, 0.15) is 6.42 Å². The van der Waals surface area contributed by atoms with Crippen LogP contribution < -0.4 is 5.32 Å². The summed E-state index contributed by atoms with van der Waals surface area (Å²) in [4.78, 5) is 25.7. The third-order valence-corrected chi connectivity index (χ3v) is 4.63. The van der Waals surface area contributed by atoms with Crippen LogP contribution >= 0.6 is 0 Å². The Hall–Kier alpha value is -1.92. The molecule has 0 aliphatic carbocycles. The molecule has 0 bridgehead atoms. The molecule has 118 valence electrons. The van der Waals surface area contributed by atoms with Crippen LogP contribution in [0.15, 0.2) is 30.3 Å². The number of ether oxygens (including phenoxy) is 1. The van der Waals surface area contributed by atoms with Gasteiger partial charge in [-0.25, -0.2) is 0 Å². The van der Waals surface area contributed by atoms with Crippen molar-refractivity contribution in [3.63, 3.8) is 0 Å². The molecule has 2 fully saturated rings. The first-order chi connectivity index (χ1) is 10.6. The number of hydrogen-bond donors (Lipinski definition) is 2. The van der Waals surface area contributed by atoms with Crippen molar-refractivity contribution in [1.82, 2.24) is 4.90 Å². The van der Waals surface area contributed by atoms with Gasteiger partial charge in [-0.1, -0.05) is 18.2 Å². The van der Waals surface area contributed by atoms with E-state index in [2.05, 4.69) is 5.32 Å². The number of amides is 1. The summed E-state index contributed by atoms with van der Waals surface area (Å²) < 4.78 is 5.42. The molecule has 2 N–H and O–H groups in total. The highest BCUT2D eigenvalue weighted by molar-refractivity contribution is 5.92. The second-order valence-electron chi connectivity index (χ2n) is 6.07. The number of carboxylic acid groups (broad SMARTS) is 1. The second-order valence-corrected chi connectivity index (χ2v) is 6.07. The second kappa shape index (κ2) is 6.06. The Kier molecular flexibility index (Phi) is 4.13. The predicted octanol–water partition coefficient (Wildman–Crippen LogP) is 1.05. The maximum absolute atomic E-state index is 12.1. The van der Waals surface area contributed by atoms with Gasteiger partial charge in [0.25, 0.3) is 0 Å². The van der Waals surface area contributed by atoms with E-state index in [9.17, 15) is 14.7 Å². The summed E-state index contributed by atoms with van der Waals surface area (Å²) in [6.07, 6.45) is 0.518. The molecule has 3 rings (SSSR count). The number of anilines is 1. The lowest BCUT2D eigenvalue weighted by Gasteiger charge is -2.34. The van der Waals surface area contributed by atoms with Crippen LogP contribution in [0.25, 0.3) is 0 Å². The van der Waals surface area contributed by atoms with Crippen molar-refractivity contribution >= 4 is 17.6 Å². The topological polar surface area (TPSA) is 78.9 Å². The number of fused-ring (bicyclic) bond motifs is 1. The molecule has 2 atom stereocenters. The van der Waals surface area contributed by atoms with Gasteiger partial charge >= 0.3 is 5.97 Å². The number of para-hydroxylation sites is 1. The molecule has 22 heavy (non-hydrogen) atoms. The van der Waals surface area contributed by atoms with Gasteiger partial charge in [-0.15, -0.1) is 0 Å². The Morgan fingerprint density at radius 1 is 1.36 bits per heavy atom. The SMILES string of the molecule is O=C(CN1C[C@@H]2COCC[C@]2(C(=O)O)C1)Nc1ccccc1. The largest absolute Gasteiger partial charge is 0.481 e. The van der Waals surface area contributed by atoms with Crippen LogP contribution in [-0.2, 0) is 14.3 Å². The molecule has 0 spiro atoms. The third-order valence-electron chi connectivity index (χ3n) is 4.63. The van der Waals surface area contributed by atoms with Crippen LogP contribution in [0.4, 0.5) is 5.69 Å². The lowest BCUT2D eigenvalue weighted by molar-refractivity contribution is -0.157. The summed E-state index contributed by atoms with van der Waals surface area (Å²) in [5.41, 5.74) is -0.00829. The lowest BCUT2D eigenvalue weighted by atomic mass is 9.74. The summed E-state index contributed by atoms with van der Waals surface area (Å²) in [7, 11) is 0. The summed E-state index contributed by atoms with van der Waals surface area (Å²) in [5.74, 6) is -0.929. The number of carbonyl (C=O) groups is 2. The molecule has 2 heterocycles. The van der Waals surface area contributed by atoms with E-state index in [1.807, 2.05) is 35.2 Å². The number of carboxylic acids is 1. The molecular weight excluding hydrogens is 284 g/mol. The Morgan fingerprint density at radius 2 is 2.14 bits per heavy atom. The minimum Gasteiger partial charge on any atom is -0.481 e. The van der Waals surface area contributed by atoms with E-state index in [0.717, 1.165) is 5.69 Å². The van der Waals surface area contributed by atoms with E-state index in [-0.39, 0.29) is 18.4 Å². The summed E-state index contributed by atoms with van der Waals surface area (Å²) in [5, 5.41) is 12.4. The van der Waals surface area contributed by atoms with Gasteiger partial charge in [-0.05, 0) is 18.6 Å². The van der Waals surface area contributed by atoms with Crippen LogP contribution in [0.3, 0.4) is 0 Å². The van der Waals surface area contributed by atoms with Gasteiger partial charge in [0.05, 0.1) is 18.6 Å². The van der Waals surface area contributed by atoms with Crippen LogP contribution in [0.2, 0.25) is 0 Å². The molecule has 2 aliphatic rings. The third kappa shape index (κ3) is 2.84. The fourth-order valence-corrected chi connectivity index (χ4v) is 3.45. The number of likely N-dealkylation sites (tertiary alicyclic amines) is 1. The van der Waals surface area contributed by atoms with E-state index in [1.165, 1.54) is 0 Å². The molecule has 2 aliphatic heterocycles. The molecular formula is C16H20N2O4. The highest BCUT2D eigenvalue weighted by Gasteiger charge is 2.53. The van der Waals surface area contributed by atoms with Crippen LogP contribution in [0, 0.1) is 11.3 Å². The van der Waals surface area contributed by atoms with Crippen LogP contribution in [-0.4, -0.2) is 54.7 Å². The van der Waals surface area contributed by atoms with Crippen molar-refractivity contribution in [3.8, 4) is 0 Å². The minimum atomic E-state index is -0.772. The first-order valence-electron chi connectivity index (χ1n) is 7.48. The van der Waals surface area contributed by atoms with Gasteiger partial charge in [0.15, 0.2) is 0 Å². The molecule has 6 heteroatoms. The normalized spacial score (nSPS) is 28.1. The van der Waals surface area contributed by atoms with Crippen molar-refractivity contribution in [3.05, 3.63) is 30.3 Å². The Morgan fingerprint density at radius 3 is 2.82 bits per heavy atom. The van der Waals surface area contributed by atoms with E-state index in [4.69, 9.17) is 4.74 Å². The van der Waals surface area contributed by atoms with Gasteiger partial charge in [0.1, 0.15) is 0 Å². The monoisotopic (exact) mass is 304 g/mol. The van der Waals surface area contributed by atoms with Crippen LogP contribution in [0.5, 0.6) is 0 Å². The zero-order chi connectivity index (χ0) is 15.6. The fraction of sp³-hybridized carbons (Fsp3) is 0.500. The van der Waals surface area contributed by atoms with E-state index in [0.29, 0.717) is 32.7 Å². The molecule has 0 radical (unpaired) electrons.